The predicted octanol–water partition coefficient (Wildman–Crippen LogP) is 1.25. The molecule has 0 spiro atoms. The van der Waals surface area contributed by atoms with Crippen molar-refractivity contribution >= 4 is 22.6 Å². The summed E-state index contributed by atoms with van der Waals surface area (Å²) >= 11 is 0. The SMILES string of the molecule is Cc1ccccc1CC(=O)NNC(=O)c1nn(C)c(=O)c2ccccc12. The Labute approximate surface area is 149 Å². The third-order valence-corrected chi connectivity index (χ3v) is 4.10. The maximum atomic E-state index is 12.4. The zero-order valence-electron chi connectivity index (χ0n) is 14.4. The first-order chi connectivity index (χ1) is 12.5. The molecule has 2 N–H and O–H groups in total. The van der Waals surface area contributed by atoms with Crippen molar-refractivity contribution in [3.63, 3.8) is 0 Å². The average molecular weight is 350 g/mol. The Kier molecular flexibility index (Phi) is 4.79. The zero-order valence-corrected chi connectivity index (χ0v) is 14.4. The number of hydrogen-bond donors (Lipinski definition) is 2. The van der Waals surface area contributed by atoms with E-state index in [1.54, 1.807) is 24.3 Å². The molecule has 26 heavy (non-hydrogen) atoms. The van der Waals surface area contributed by atoms with Gasteiger partial charge in [-0.2, -0.15) is 5.10 Å². The fourth-order valence-corrected chi connectivity index (χ4v) is 2.68. The Balaban J connectivity index is 1.76. The number of nitrogens with zero attached hydrogens (tertiary/aromatic N) is 2. The van der Waals surface area contributed by atoms with Crippen molar-refractivity contribution in [2.24, 2.45) is 7.05 Å². The molecule has 0 aliphatic heterocycles. The lowest BCUT2D eigenvalue weighted by Crippen LogP contribution is -2.43. The van der Waals surface area contributed by atoms with Crippen LogP contribution in [0.5, 0.6) is 0 Å². The number of aryl methyl sites for hydroxylation is 2. The molecule has 0 atom stereocenters. The van der Waals surface area contributed by atoms with E-state index in [0.717, 1.165) is 15.8 Å². The van der Waals surface area contributed by atoms with Gasteiger partial charge in [-0.05, 0) is 24.1 Å². The normalized spacial score (nSPS) is 10.5. The third-order valence-electron chi connectivity index (χ3n) is 4.10. The molecule has 0 unspecified atom stereocenters. The van der Waals surface area contributed by atoms with Crippen molar-refractivity contribution in [3.8, 4) is 0 Å². The highest BCUT2D eigenvalue weighted by Crippen LogP contribution is 2.12. The largest absolute Gasteiger partial charge is 0.290 e. The summed E-state index contributed by atoms with van der Waals surface area (Å²) in [5.41, 5.74) is 6.41. The van der Waals surface area contributed by atoms with Crippen LogP contribution in [0.25, 0.3) is 10.8 Å². The Morgan fingerprint density at radius 2 is 1.65 bits per heavy atom. The summed E-state index contributed by atoms with van der Waals surface area (Å²) in [6, 6.07) is 14.2. The number of hydrazine groups is 1. The van der Waals surface area contributed by atoms with Gasteiger partial charge in [-0.15, -0.1) is 0 Å². The van der Waals surface area contributed by atoms with Gasteiger partial charge in [0.1, 0.15) is 0 Å². The van der Waals surface area contributed by atoms with Gasteiger partial charge in [0.15, 0.2) is 5.69 Å². The van der Waals surface area contributed by atoms with Crippen molar-refractivity contribution in [3.05, 3.63) is 75.7 Å². The topological polar surface area (TPSA) is 93.1 Å². The van der Waals surface area contributed by atoms with Crippen LogP contribution < -0.4 is 16.4 Å². The lowest BCUT2D eigenvalue weighted by molar-refractivity contribution is -0.121. The van der Waals surface area contributed by atoms with Crippen LogP contribution in [0.2, 0.25) is 0 Å². The number of carbonyl (C=O) groups excluding carboxylic acids is 2. The second-order valence-electron chi connectivity index (χ2n) is 5.93. The highest BCUT2D eigenvalue weighted by atomic mass is 16.2. The van der Waals surface area contributed by atoms with E-state index >= 15 is 0 Å². The molecule has 3 rings (SSSR count). The molecule has 0 aliphatic carbocycles. The van der Waals surface area contributed by atoms with Crippen LogP contribution in [0.1, 0.15) is 21.6 Å². The first-order valence-corrected chi connectivity index (χ1v) is 8.07. The minimum absolute atomic E-state index is 0.0684. The van der Waals surface area contributed by atoms with E-state index in [9.17, 15) is 14.4 Å². The van der Waals surface area contributed by atoms with Crippen molar-refractivity contribution in [2.75, 3.05) is 0 Å². The smallest absolute Gasteiger partial charge is 0.273 e. The van der Waals surface area contributed by atoms with E-state index in [1.807, 2.05) is 31.2 Å². The highest BCUT2D eigenvalue weighted by molar-refractivity contribution is 6.05. The maximum Gasteiger partial charge on any atom is 0.290 e. The van der Waals surface area contributed by atoms with Crippen LogP contribution >= 0.6 is 0 Å². The summed E-state index contributed by atoms with van der Waals surface area (Å²) in [6.45, 7) is 1.92. The molecule has 0 bridgehead atoms. The molecule has 1 aromatic heterocycles. The van der Waals surface area contributed by atoms with E-state index in [1.165, 1.54) is 7.05 Å². The van der Waals surface area contributed by atoms with Crippen LogP contribution in [0.4, 0.5) is 0 Å². The van der Waals surface area contributed by atoms with Gasteiger partial charge < -0.3 is 0 Å². The molecule has 0 fully saturated rings. The Morgan fingerprint density at radius 1 is 1.00 bits per heavy atom. The van der Waals surface area contributed by atoms with Gasteiger partial charge >= 0.3 is 0 Å². The minimum atomic E-state index is -0.588. The quantitative estimate of drug-likeness (QED) is 0.695. The maximum absolute atomic E-state index is 12.4. The van der Waals surface area contributed by atoms with Crippen LogP contribution in [0.3, 0.4) is 0 Å². The molecule has 7 nitrogen and oxygen atoms in total. The summed E-state index contributed by atoms with van der Waals surface area (Å²) in [5.74, 6) is -0.934. The minimum Gasteiger partial charge on any atom is -0.273 e. The number of fused-ring (bicyclic) bond motifs is 1. The Hall–Kier alpha value is -3.48. The standard InChI is InChI=1S/C19H18N4O3/c1-12-7-3-4-8-13(12)11-16(24)20-21-18(25)17-14-9-5-6-10-15(14)19(26)23(2)22-17/h3-10H,11H2,1-2H3,(H,20,24)(H,21,25). The molecule has 132 valence electrons. The molecule has 0 radical (unpaired) electrons. The van der Waals surface area contributed by atoms with Crippen molar-refractivity contribution in [1.29, 1.82) is 0 Å². The second-order valence-corrected chi connectivity index (χ2v) is 5.93. The monoisotopic (exact) mass is 350 g/mol. The number of nitrogens with one attached hydrogen (secondary N) is 2. The Bertz CT molecular complexity index is 1060. The molecule has 2 aromatic carbocycles. The van der Waals surface area contributed by atoms with Crippen LogP contribution in [-0.4, -0.2) is 21.6 Å². The third kappa shape index (κ3) is 3.46. The van der Waals surface area contributed by atoms with E-state index in [-0.39, 0.29) is 23.6 Å². The average Bonchev–Trinajstić information content (AvgIpc) is 2.64. The highest BCUT2D eigenvalue weighted by Gasteiger charge is 2.16. The summed E-state index contributed by atoms with van der Waals surface area (Å²) in [6.07, 6.45) is 0.147. The fraction of sp³-hybridized carbons (Fsp3) is 0.158. The predicted molar refractivity (Wildman–Crippen MR) is 97.5 cm³/mol. The first kappa shape index (κ1) is 17.3. The van der Waals surface area contributed by atoms with Gasteiger partial charge in [0.25, 0.3) is 11.5 Å². The number of hydrogen-bond acceptors (Lipinski definition) is 4. The van der Waals surface area contributed by atoms with Gasteiger partial charge in [-0.3, -0.25) is 25.2 Å². The number of aromatic nitrogens is 2. The fourth-order valence-electron chi connectivity index (χ4n) is 2.68. The number of carbonyl (C=O) groups is 2. The number of rotatable bonds is 3. The zero-order chi connectivity index (χ0) is 18.7. The van der Waals surface area contributed by atoms with Gasteiger partial charge in [0.05, 0.1) is 11.8 Å². The van der Waals surface area contributed by atoms with E-state index in [0.29, 0.717) is 10.8 Å². The molecule has 0 aliphatic rings. The molecular formula is C19H18N4O3. The lowest BCUT2D eigenvalue weighted by atomic mass is 10.1. The molecule has 1 heterocycles. The number of benzene rings is 2. The summed E-state index contributed by atoms with van der Waals surface area (Å²) in [5, 5.41) is 4.84. The summed E-state index contributed by atoms with van der Waals surface area (Å²) in [7, 11) is 1.47. The van der Waals surface area contributed by atoms with Gasteiger partial charge in [0.2, 0.25) is 5.91 Å². The van der Waals surface area contributed by atoms with Crippen LogP contribution in [0, 0.1) is 6.92 Å². The van der Waals surface area contributed by atoms with Gasteiger partial charge in [0, 0.05) is 12.4 Å². The first-order valence-electron chi connectivity index (χ1n) is 8.07. The molecule has 7 heteroatoms. The van der Waals surface area contributed by atoms with Crippen LogP contribution in [-0.2, 0) is 18.3 Å². The van der Waals surface area contributed by atoms with Crippen molar-refractivity contribution < 1.29 is 9.59 Å². The molecule has 0 saturated heterocycles. The van der Waals surface area contributed by atoms with Gasteiger partial charge in [-0.1, -0.05) is 42.5 Å². The summed E-state index contributed by atoms with van der Waals surface area (Å²) in [4.78, 5) is 36.6. The molecule has 3 aromatic rings. The number of amides is 2. The summed E-state index contributed by atoms with van der Waals surface area (Å²) < 4.78 is 1.10. The van der Waals surface area contributed by atoms with E-state index in [4.69, 9.17) is 0 Å². The van der Waals surface area contributed by atoms with Crippen molar-refractivity contribution in [2.45, 2.75) is 13.3 Å². The van der Waals surface area contributed by atoms with Gasteiger partial charge in [-0.25, -0.2) is 4.68 Å². The second kappa shape index (κ2) is 7.18. The van der Waals surface area contributed by atoms with E-state index in [2.05, 4.69) is 16.0 Å². The molecule has 0 saturated carbocycles. The molecular weight excluding hydrogens is 332 g/mol. The molecule has 2 amide bonds. The van der Waals surface area contributed by atoms with E-state index < -0.39 is 5.91 Å². The lowest BCUT2D eigenvalue weighted by Gasteiger charge is -2.10. The Morgan fingerprint density at radius 3 is 2.38 bits per heavy atom. The van der Waals surface area contributed by atoms with Crippen LogP contribution in [0.15, 0.2) is 53.3 Å². The van der Waals surface area contributed by atoms with Crippen molar-refractivity contribution in [1.82, 2.24) is 20.6 Å².